The van der Waals surface area contributed by atoms with Crippen LogP contribution in [-0.4, -0.2) is 17.9 Å². The lowest BCUT2D eigenvalue weighted by molar-refractivity contribution is -0.129. The maximum absolute atomic E-state index is 11.4. The third-order valence-electron chi connectivity index (χ3n) is 2.22. The smallest absolute Gasteiger partial charge is 0.239 e. The highest BCUT2D eigenvalue weighted by Gasteiger charge is 2.18. The van der Waals surface area contributed by atoms with Crippen LogP contribution in [0.3, 0.4) is 0 Å². The van der Waals surface area contributed by atoms with Gasteiger partial charge in [0.05, 0.1) is 6.07 Å². The number of nitrogens with zero attached hydrogens (tertiary/aromatic N) is 1. The fraction of sp³-hybridized carbons (Fsp3) is 0.727. The summed E-state index contributed by atoms with van der Waals surface area (Å²) in [4.78, 5) is 22.4. The molecular weight excluding hydrogens is 206 g/mol. The van der Waals surface area contributed by atoms with Crippen LogP contribution in [0.2, 0.25) is 0 Å². The Morgan fingerprint density at radius 1 is 1.38 bits per heavy atom. The molecular formula is C11H19N3O2. The van der Waals surface area contributed by atoms with E-state index in [0.717, 1.165) is 6.42 Å². The van der Waals surface area contributed by atoms with E-state index in [2.05, 4.69) is 5.32 Å². The highest BCUT2D eigenvalue weighted by Crippen LogP contribution is 2.04. The number of carbonyl (C=O) groups is 2. The van der Waals surface area contributed by atoms with Gasteiger partial charge in [-0.25, -0.2) is 0 Å². The van der Waals surface area contributed by atoms with Crippen molar-refractivity contribution in [2.75, 3.05) is 0 Å². The van der Waals surface area contributed by atoms with Gasteiger partial charge in [0.25, 0.3) is 0 Å². The van der Waals surface area contributed by atoms with E-state index in [1.54, 1.807) is 13.8 Å². The second-order valence-corrected chi connectivity index (χ2v) is 4.02. The zero-order valence-corrected chi connectivity index (χ0v) is 9.82. The molecule has 0 unspecified atom stereocenters. The van der Waals surface area contributed by atoms with E-state index in [1.807, 2.05) is 6.07 Å². The van der Waals surface area contributed by atoms with E-state index < -0.39 is 11.9 Å². The van der Waals surface area contributed by atoms with Crippen LogP contribution in [-0.2, 0) is 9.59 Å². The van der Waals surface area contributed by atoms with Crippen LogP contribution in [0.4, 0.5) is 0 Å². The van der Waals surface area contributed by atoms with E-state index in [9.17, 15) is 9.59 Å². The van der Waals surface area contributed by atoms with Crippen LogP contribution in [0.5, 0.6) is 0 Å². The molecule has 0 saturated carbocycles. The predicted octanol–water partition coefficient (Wildman–Crippen LogP) is 0.696. The number of unbranched alkanes of at least 4 members (excludes halogenated alkanes) is 2. The Kier molecular flexibility index (Phi) is 6.93. The molecule has 3 N–H and O–H groups in total. The van der Waals surface area contributed by atoms with Crippen LogP contribution in [0, 0.1) is 17.2 Å². The first kappa shape index (κ1) is 14.4. The Balaban J connectivity index is 4.04. The van der Waals surface area contributed by atoms with Gasteiger partial charge in [-0.05, 0) is 19.3 Å². The van der Waals surface area contributed by atoms with Gasteiger partial charge in [-0.2, -0.15) is 5.26 Å². The first-order chi connectivity index (χ1) is 7.49. The molecule has 0 aromatic carbocycles. The van der Waals surface area contributed by atoms with Crippen LogP contribution in [0.15, 0.2) is 0 Å². The van der Waals surface area contributed by atoms with Crippen molar-refractivity contribution in [2.45, 2.75) is 45.6 Å². The summed E-state index contributed by atoms with van der Waals surface area (Å²) in [5.41, 5.74) is 5.18. The average molecular weight is 225 g/mol. The Morgan fingerprint density at radius 3 is 2.44 bits per heavy atom. The summed E-state index contributed by atoms with van der Waals surface area (Å²) >= 11 is 0. The number of nitrogens with one attached hydrogen (secondary N) is 1. The van der Waals surface area contributed by atoms with Crippen LogP contribution in [0.25, 0.3) is 0 Å². The summed E-state index contributed by atoms with van der Waals surface area (Å²) in [6.07, 6.45) is 2.39. The lowest BCUT2D eigenvalue weighted by Crippen LogP contribution is -2.45. The van der Waals surface area contributed by atoms with Gasteiger partial charge in [-0.3, -0.25) is 9.59 Å². The topological polar surface area (TPSA) is 96.0 Å². The number of hydrogen-bond donors (Lipinski definition) is 2. The van der Waals surface area contributed by atoms with E-state index in [0.29, 0.717) is 19.3 Å². The number of nitrogens with two attached hydrogens (primary N) is 1. The number of amides is 2. The average Bonchev–Trinajstić information content (AvgIpc) is 2.21. The predicted molar refractivity (Wildman–Crippen MR) is 60.0 cm³/mol. The van der Waals surface area contributed by atoms with E-state index in [4.69, 9.17) is 11.0 Å². The molecule has 0 aromatic heterocycles. The van der Waals surface area contributed by atoms with Gasteiger partial charge >= 0.3 is 0 Å². The minimum atomic E-state index is -0.617. The fourth-order valence-electron chi connectivity index (χ4n) is 1.18. The number of primary amides is 1. The van der Waals surface area contributed by atoms with E-state index in [-0.39, 0.29) is 11.8 Å². The molecule has 0 aliphatic rings. The van der Waals surface area contributed by atoms with Crippen molar-refractivity contribution in [1.29, 1.82) is 5.26 Å². The number of hydrogen-bond acceptors (Lipinski definition) is 3. The third-order valence-corrected chi connectivity index (χ3v) is 2.22. The zero-order valence-electron chi connectivity index (χ0n) is 9.82. The van der Waals surface area contributed by atoms with Crippen LogP contribution >= 0.6 is 0 Å². The third kappa shape index (κ3) is 6.02. The first-order valence-corrected chi connectivity index (χ1v) is 5.45. The van der Waals surface area contributed by atoms with E-state index in [1.165, 1.54) is 0 Å². The van der Waals surface area contributed by atoms with Gasteiger partial charge in [0.1, 0.15) is 6.04 Å². The van der Waals surface area contributed by atoms with Crippen molar-refractivity contribution in [1.82, 2.24) is 5.32 Å². The van der Waals surface area contributed by atoms with Crippen molar-refractivity contribution in [3.63, 3.8) is 0 Å². The standard InChI is InChI=1S/C11H19N3O2/c1-8(2)11(16)14-9(10(13)15)6-4-3-5-7-12/h8-9H,3-6H2,1-2H3,(H2,13,15)(H,14,16)/t9-/m1/s1. The summed E-state index contributed by atoms with van der Waals surface area (Å²) in [7, 11) is 0. The monoisotopic (exact) mass is 225 g/mol. The molecule has 0 aliphatic carbocycles. The van der Waals surface area contributed by atoms with Crippen molar-refractivity contribution in [2.24, 2.45) is 11.7 Å². The maximum atomic E-state index is 11.4. The Morgan fingerprint density at radius 2 is 2.00 bits per heavy atom. The summed E-state index contributed by atoms with van der Waals surface area (Å²) in [5.74, 6) is -0.865. The SMILES string of the molecule is CC(C)C(=O)N[C@H](CCCCC#N)C(N)=O. The molecule has 5 nitrogen and oxygen atoms in total. The minimum absolute atomic E-state index is 0.166. The first-order valence-electron chi connectivity index (χ1n) is 5.45. The molecule has 0 aromatic rings. The minimum Gasteiger partial charge on any atom is -0.368 e. The molecule has 1 atom stereocenters. The van der Waals surface area contributed by atoms with Crippen molar-refractivity contribution >= 4 is 11.8 Å². The fourth-order valence-corrected chi connectivity index (χ4v) is 1.18. The van der Waals surface area contributed by atoms with Crippen molar-refractivity contribution in [3.8, 4) is 6.07 Å². The highest BCUT2D eigenvalue weighted by atomic mass is 16.2. The normalized spacial score (nSPS) is 11.9. The van der Waals surface area contributed by atoms with Crippen molar-refractivity contribution in [3.05, 3.63) is 0 Å². The lowest BCUT2D eigenvalue weighted by atomic mass is 10.1. The molecule has 0 aliphatic heterocycles. The second-order valence-electron chi connectivity index (χ2n) is 4.02. The van der Waals surface area contributed by atoms with Crippen LogP contribution in [0.1, 0.15) is 39.5 Å². The Labute approximate surface area is 96.0 Å². The van der Waals surface area contributed by atoms with Gasteiger partial charge in [0, 0.05) is 12.3 Å². The molecule has 0 saturated heterocycles. The van der Waals surface area contributed by atoms with Crippen LogP contribution < -0.4 is 11.1 Å². The molecule has 0 rings (SSSR count). The quantitative estimate of drug-likeness (QED) is 0.624. The molecule has 0 bridgehead atoms. The lowest BCUT2D eigenvalue weighted by Gasteiger charge is -2.16. The maximum Gasteiger partial charge on any atom is 0.239 e. The molecule has 90 valence electrons. The van der Waals surface area contributed by atoms with Gasteiger partial charge in [0.15, 0.2) is 0 Å². The summed E-state index contributed by atoms with van der Waals surface area (Å²) in [6, 6.07) is 1.41. The molecule has 0 fully saturated rings. The molecule has 5 heteroatoms. The zero-order chi connectivity index (χ0) is 12.6. The van der Waals surface area contributed by atoms with E-state index >= 15 is 0 Å². The molecule has 0 radical (unpaired) electrons. The second kappa shape index (κ2) is 7.69. The largest absolute Gasteiger partial charge is 0.368 e. The highest BCUT2D eigenvalue weighted by molar-refractivity contribution is 5.87. The molecule has 2 amide bonds. The van der Waals surface area contributed by atoms with Crippen molar-refractivity contribution < 1.29 is 9.59 Å². The van der Waals surface area contributed by atoms with Gasteiger partial charge in [-0.15, -0.1) is 0 Å². The number of rotatable bonds is 7. The Hall–Kier alpha value is -1.57. The Bertz CT molecular complexity index is 281. The van der Waals surface area contributed by atoms with Gasteiger partial charge in [-0.1, -0.05) is 13.8 Å². The van der Waals surface area contributed by atoms with Gasteiger partial charge in [0.2, 0.25) is 11.8 Å². The summed E-state index contributed by atoms with van der Waals surface area (Å²) in [6.45, 7) is 3.51. The number of nitriles is 1. The summed E-state index contributed by atoms with van der Waals surface area (Å²) in [5, 5.41) is 10.9. The molecule has 16 heavy (non-hydrogen) atoms. The summed E-state index contributed by atoms with van der Waals surface area (Å²) < 4.78 is 0. The number of carbonyl (C=O) groups excluding carboxylic acids is 2. The van der Waals surface area contributed by atoms with Gasteiger partial charge < -0.3 is 11.1 Å². The molecule has 0 heterocycles. The molecule has 0 spiro atoms.